The number of carboxylic acid groups (broad SMARTS) is 1. The second-order valence-corrected chi connectivity index (χ2v) is 15.1. The van der Waals surface area contributed by atoms with E-state index in [1.54, 1.807) is 11.8 Å². The lowest BCUT2D eigenvalue weighted by Crippen LogP contribution is -2.54. The van der Waals surface area contributed by atoms with Crippen molar-refractivity contribution in [3.63, 3.8) is 0 Å². The van der Waals surface area contributed by atoms with Crippen LogP contribution in [0.2, 0.25) is 0 Å². The Kier molecular flexibility index (Phi) is 18.7. The molecule has 0 bridgehead atoms. The minimum atomic E-state index is -1.00. The lowest BCUT2D eigenvalue weighted by atomic mass is 9.98. The minimum Gasteiger partial charge on any atom is -0.481 e. The van der Waals surface area contributed by atoms with Gasteiger partial charge in [0.1, 0.15) is 18.6 Å². The van der Waals surface area contributed by atoms with E-state index in [1.807, 2.05) is 80.1 Å². The molecule has 4 atom stereocenters. The summed E-state index contributed by atoms with van der Waals surface area (Å²) in [7, 11) is 2.65. The summed E-state index contributed by atoms with van der Waals surface area (Å²) in [6.45, 7) is 12.8. The summed E-state index contributed by atoms with van der Waals surface area (Å²) in [5, 5.41) is 22.3. The standard InChI is InChI=1S/C42H59N6O7P/c1-6-12-35(46-41(54)34(7-2)45-37(49)15-11-16-40(52)53)42(55)44-31(23-28(4)5)19-22-39(51)47(8-3)25-30-26-48(36-14-10-9-13-33(30)36)27-38(50)43-24-29-17-20-32(56)21-18-29/h6,9-10,13-14,17-18,20-21,26,28,31,34-35H,1,7-8,11-12,15-16,19,22-25,27,56H2,2-5H3,(H,43,50)(H,44,55)(H,45,49)(H,46,54)(H,52,53)/t31?,34?,35-/m0/s1. The van der Waals surface area contributed by atoms with E-state index in [0.29, 0.717) is 32.5 Å². The maximum absolute atomic E-state index is 13.7. The molecule has 0 aliphatic carbocycles. The number of nitrogens with one attached hydrogen (secondary N) is 4. The minimum absolute atomic E-state index is 0.0330. The number of hydrogen-bond acceptors (Lipinski definition) is 6. The van der Waals surface area contributed by atoms with Gasteiger partial charge in [-0.25, -0.2) is 0 Å². The van der Waals surface area contributed by atoms with Gasteiger partial charge in [-0.2, -0.15) is 0 Å². The number of fused-ring (bicyclic) bond motifs is 1. The molecule has 13 nitrogen and oxygen atoms in total. The number of para-hydroxylation sites is 1. The first kappa shape index (κ1) is 45.4. The van der Waals surface area contributed by atoms with Gasteiger partial charge < -0.3 is 35.8 Å². The Labute approximate surface area is 332 Å². The topological polar surface area (TPSA) is 179 Å². The summed E-state index contributed by atoms with van der Waals surface area (Å²) >= 11 is 0. The van der Waals surface area contributed by atoms with Gasteiger partial charge in [-0.1, -0.05) is 69.3 Å². The van der Waals surface area contributed by atoms with Crippen LogP contribution in [-0.2, 0) is 48.4 Å². The van der Waals surface area contributed by atoms with Gasteiger partial charge in [0.05, 0.1) is 0 Å². The lowest BCUT2D eigenvalue weighted by molar-refractivity contribution is -0.137. The van der Waals surface area contributed by atoms with E-state index in [0.717, 1.165) is 27.3 Å². The van der Waals surface area contributed by atoms with Crippen LogP contribution in [0.25, 0.3) is 10.9 Å². The number of nitrogens with zero attached hydrogens (tertiary/aromatic N) is 2. The highest BCUT2D eigenvalue weighted by Crippen LogP contribution is 2.24. The van der Waals surface area contributed by atoms with Crippen molar-refractivity contribution in [3.05, 3.63) is 78.5 Å². The van der Waals surface area contributed by atoms with Crippen LogP contribution in [-0.4, -0.2) is 74.7 Å². The number of rotatable bonds is 24. The number of aliphatic carboxylic acids is 1. The van der Waals surface area contributed by atoms with Crippen molar-refractivity contribution in [2.24, 2.45) is 5.92 Å². The summed E-state index contributed by atoms with van der Waals surface area (Å²) in [6.07, 6.45) is 5.05. The Bertz CT molecular complexity index is 1810. The van der Waals surface area contributed by atoms with Crippen LogP contribution in [0.5, 0.6) is 0 Å². The summed E-state index contributed by atoms with van der Waals surface area (Å²) in [4.78, 5) is 78.3. The van der Waals surface area contributed by atoms with Crippen molar-refractivity contribution < 1.29 is 33.9 Å². The van der Waals surface area contributed by atoms with Crippen LogP contribution in [0.3, 0.4) is 0 Å². The maximum atomic E-state index is 13.7. The van der Waals surface area contributed by atoms with Gasteiger partial charge in [-0.15, -0.1) is 15.8 Å². The Morgan fingerprint density at radius 3 is 2.23 bits per heavy atom. The quantitative estimate of drug-likeness (QED) is 0.0663. The molecule has 2 aromatic carbocycles. The molecule has 5 amide bonds. The normalized spacial score (nSPS) is 12.7. The van der Waals surface area contributed by atoms with Gasteiger partial charge in [-0.05, 0) is 67.4 Å². The van der Waals surface area contributed by atoms with Gasteiger partial charge in [0.25, 0.3) is 0 Å². The average molecular weight is 791 g/mol. The maximum Gasteiger partial charge on any atom is 0.303 e. The first-order chi connectivity index (χ1) is 26.7. The molecular weight excluding hydrogens is 731 g/mol. The van der Waals surface area contributed by atoms with Gasteiger partial charge in [0.2, 0.25) is 29.5 Å². The third-order valence-electron chi connectivity index (χ3n) is 9.45. The van der Waals surface area contributed by atoms with Crippen molar-refractivity contribution in [1.82, 2.24) is 30.7 Å². The van der Waals surface area contributed by atoms with Gasteiger partial charge in [0.15, 0.2) is 0 Å². The van der Waals surface area contributed by atoms with E-state index in [4.69, 9.17) is 5.11 Å². The largest absolute Gasteiger partial charge is 0.481 e. The number of carbonyl (C=O) groups excluding carboxylic acids is 5. The van der Waals surface area contributed by atoms with E-state index in [1.165, 1.54) is 6.08 Å². The molecule has 5 N–H and O–H groups in total. The lowest BCUT2D eigenvalue weighted by Gasteiger charge is -2.27. The second kappa shape index (κ2) is 23.1. The van der Waals surface area contributed by atoms with Crippen molar-refractivity contribution in [3.8, 4) is 0 Å². The molecule has 3 unspecified atom stereocenters. The Balaban J connectivity index is 1.63. The van der Waals surface area contributed by atoms with Gasteiger partial charge in [0, 0.05) is 62.0 Å². The molecule has 0 spiro atoms. The van der Waals surface area contributed by atoms with Crippen LogP contribution < -0.4 is 26.6 Å². The third kappa shape index (κ3) is 14.9. The zero-order valence-electron chi connectivity index (χ0n) is 33.1. The smallest absolute Gasteiger partial charge is 0.303 e. The van der Waals surface area contributed by atoms with E-state index in [9.17, 15) is 28.8 Å². The number of carboxylic acids is 1. The van der Waals surface area contributed by atoms with Crippen LogP contribution in [0, 0.1) is 5.92 Å². The highest BCUT2D eigenvalue weighted by atomic mass is 31.0. The Morgan fingerprint density at radius 1 is 0.893 bits per heavy atom. The number of amides is 5. The first-order valence-electron chi connectivity index (χ1n) is 19.4. The van der Waals surface area contributed by atoms with Crippen molar-refractivity contribution in [2.75, 3.05) is 6.54 Å². The molecule has 0 aliphatic heterocycles. The molecule has 0 saturated heterocycles. The molecule has 0 radical (unpaired) electrons. The van der Waals surface area contributed by atoms with E-state index >= 15 is 0 Å². The Morgan fingerprint density at radius 2 is 1.59 bits per heavy atom. The molecule has 14 heteroatoms. The van der Waals surface area contributed by atoms with Crippen molar-refractivity contribution in [2.45, 2.75) is 117 Å². The molecule has 3 aromatic rings. The fraction of sp³-hybridized carbons (Fsp3) is 0.476. The van der Waals surface area contributed by atoms with E-state index in [-0.39, 0.29) is 68.8 Å². The van der Waals surface area contributed by atoms with Gasteiger partial charge >= 0.3 is 5.97 Å². The average Bonchev–Trinajstić information content (AvgIpc) is 3.50. The number of benzene rings is 2. The number of carbonyl (C=O) groups is 6. The van der Waals surface area contributed by atoms with Crippen LogP contribution in [0.15, 0.2) is 67.4 Å². The Hall–Kier alpha value is -5.03. The fourth-order valence-electron chi connectivity index (χ4n) is 6.47. The highest BCUT2D eigenvalue weighted by molar-refractivity contribution is 7.27. The second-order valence-electron chi connectivity index (χ2n) is 14.5. The van der Waals surface area contributed by atoms with E-state index in [2.05, 4.69) is 37.1 Å². The number of aromatic nitrogens is 1. The highest BCUT2D eigenvalue weighted by Gasteiger charge is 2.27. The molecular formula is C42H59N6O7P. The van der Waals surface area contributed by atoms with Crippen molar-refractivity contribution >= 4 is 61.0 Å². The summed E-state index contributed by atoms with van der Waals surface area (Å²) in [5.41, 5.74) is 2.84. The molecule has 0 aliphatic rings. The molecule has 1 aromatic heterocycles. The molecule has 1 heterocycles. The van der Waals surface area contributed by atoms with Gasteiger partial charge in [-0.3, -0.25) is 28.8 Å². The summed E-state index contributed by atoms with van der Waals surface area (Å²) in [5.74, 6) is -2.36. The van der Waals surface area contributed by atoms with E-state index < -0.39 is 35.8 Å². The van der Waals surface area contributed by atoms with Crippen LogP contribution in [0.1, 0.15) is 90.2 Å². The van der Waals surface area contributed by atoms with Crippen molar-refractivity contribution in [1.29, 1.82) is 0 Å². The van der Waals surface area contributed by atoms with Crippen LogP contribution >= 0.6 is 9.24 Å². The third-order valence-corrected chi connectivity index (χ3v) is 9.83. The predicted molar refractivity (Wildman–Crippen MR) is 222 cm³/mol. The monoisotopic (exact) mass is 790 g/mol. The molecule has 0 saturated carbocycles. The SMILES string of the molecule is C=CC[C@H](NC(=O)C(CC)NC(=O)CCCC(=O)O)C(=O)NC(CCC(=O)N(CC)Cc1cn(CC(=O)NCc2ccc(P)cc2)c2ccccc12)CC(C)C. The number of hydrogen-bond donors (Lipinski definition) is 5. The molecule has 304 valence electrons. The first-order valence-corrected chi connectivity index (χ1v) is 20.0. The molecule has 0 fully saturated rings. The predicted octanol–water partition coefficient (Wildman–Crippen LogP) is 4.33. The fourth-order valence-corrected chi connectivity index (χ4v) is 6.67. The zero-order chi connectivity index (χ0) is 41.2. The molecule has 3 rings (SSSR count). The zero-order valence-corrected chi connectivity index (χ0v) is 34.3. The summed E-state index contributed by atoms with van der Waals surface area (Å²) in [6, 6.07) is 13.5. The summed E-state index contributed by atoms with van der Waals surface area (Å²) < 4.78 is 1.91. The van der Waals surface area contributed by atoms with Crippen LogP contribution in [0.4, 0.5) is 0 Å². The molecule has 56 heavy (non-hydrogen) atoms.